The Morgan fingerprint density at radius 3 is 2.59 bits per heavy atom. The highest BCUT2D eigenvalue weighted by Crippen LogP contribution is 2.20. The molecule has 0 aliphatic carbocycles. The van der Waals surface area contributed by atoms with E-state index < -0.39 is 0 Å². The number of ketones is 1. The number of aryl methyl sites for hydroxylation is 1. The Bertz CT molecular complexity index is 792. The van der Waals surface area contributed by atoms with E-state index in [0.29, 0.717) is 11.4 Å². The predicted molar refractivity (Wildman–Crippen MR) is 85.2 cm³/mol. The molecule has 0 bridgehead atoms. The van der Waals surface area contributed by atoms with Gasteiger partial charge in [0.1, 0.15) is 6.33 Å². The summed E-state index contributed by atoms with van der Waals surface area (Å²) < 4.78 is 5.59. The van der Waals surface area contributed by atoms with Gasteiger partial charge < -0.3 is 4.74 Å². The minimum atomic E-state index is -0.0645. The summed E-state index contributed by atoms with van der Waals surface area (Å²) in [5.41, 5.74) is 2.65. The maximum absolute atomic E-state index is 12.2. The molecule has 1 heterocycles. The summed E-state index contributed by atoms with van der Waals surface area (Å²) in [5, 5.41) is 0.805. The van der Waals surface area contributed by atoms with E-state index in [1.165, 1.54) is 11.9 Å². The van der Waals surface area contributed by atoms with Crippen molar-refractivity contribution in [2.75, 3.05) is 6.61 Å². The molecule has 3 rings (SSSR count). The largest absolute Gasteiger partial charge is 0.469 e. The second-order valence-corrected chi connectivity index (χ2v) is 4.96. The van der Waals surface area contributed by atoms with E-state index in [1.54, 1.807) is 0 Å². The lowest BCUT2D eigenvalue weighted by molar-refractivity contribution is 0.0919. The maximum Gasteiger partial charge on any atom is 0.224 e. The van der Waals surface area contributed by atoms with E-state index in [1.807, 2.05) is 48.5 Å². The van der Waals surface area contributed by atoms with E-state index in [-0.39, 0.29) is 12.4 Å². The fraction of sp³-hybridized carbons (Fsp3) is 0.167. The first-order chi connectivity index (χ1) is 10.8. The first-order valence-corrected chi connectivity index (χ1v) is 7.22. The third-order valence-electron chi connectivity index (χ3n) is 3.53. The van der Waals surface area contributed by atoms with Gasteiger partial charge in [-0.05, 0) is 24.1 Å². The van der Waals surface area contributed by atoms with Crippen LogP contribution in [0.3, 0.4) is 0 Å². The van der Waals surface area contributed by atoms with Crippen LogP contribution in [-0.4, -0.2) is 22.4 Å². The minimum absolute atomic E-state index is 0.0352. The number of carbonyl (C=O) groups excluding carboxylic acids is 1. The smallest absolute Gasteiger partial charge is 0.224 e. The van der Waals surface area contributed by atoms with Crippen LogP contribution >= 0.6 is 0 Å². The van der Waals surface area contributed by atoms with Crippen LogP contribution in [0, 0.1) is 0 Å². The van der Waals surface area contributed by atoms with Crippen molar-refractivity contribution in [1.82, 2.24) is 9.97 Å². The Balaban J connectivity index is 1.74. The SMILES string of the molecule is CCc1ccc(C(=O)COc2ncnc3ccccc23)cc1. The molecule has 0 unspecified atom stereocenters. The number of ether oxygens (including phenoxy) is 1. The number of benzene rings is 2. The van der Waals surface area contributed by atoms with Crippen molar-refractivity contribution in [3.05, 3.63) is 66.0 Å². The van der Waals surface area contributed by atoms with Crippen molar-refractivity contribution in [1.29, 1.82) is 0 Å². The molecule has 4 nitrogen and oxygen atoms in total. The molecule has 3 aromatic rings. The van der Waals surface area contributed by atoms with Gasteiger partial charge in [0.2, 0.25) is 5.88 Å². The number of Topliss-reactive ketones (excluding diaryl/α,β-unsaturated/α-hetero) is 1. The molecule has 0 aliphatic rings. The highest BCUT2D eigenvalue weighted by atomic mass is 16.5. The Morgan fingerprint density at radius 1 is 1.05 bits per heavy atom. The second kappa shape index (κ2) is 6.35. The molecule has 0 radical (unpaired) electrons. The van der Waals surface area contributed by atoms with Gasteiger partial charge in [0.25, 0.3) is 0 Å². The van der Waals surface area contributed by atoms with Gasteiger partial charge in [-0.25, -0.2) is 9.97 Å². The van der Waals surface area contributed by atoms with Crippen LogP contribution in [0.25, 0.3) is 10.9 Å². The third-order valence-corrected chi connectivity index (χ3v) is 3.53. The van der Waals surface area contributed by atoms with Gasteiger partial charge in [0.15, 0.2) is 12.4 Å². The molecule has 4 heteroatoms. The van der Waals surface area contributed by atoms with Crippen LogP contribution in [0.2, 0.25) is 0 Å². The Hall–Kier alpha value is -2.75. The predicted octanol–water partition coefficient (Wildman–Crippen LogP) is 3.45. The van der Waals surface area contributed by atoms with E-state index in [9.17, 15) is 4.79 Å². The van der Waals surface area contributed by atoms with Gasteiger partial charge in [0, 0.05) is 5.56 Å². The first-order valence-electron chi connectivity index (χ1n) is 7.22. The van der Waals surface area contributed by atoms with Crippen LogP contribution in [0.5, 0.6) is 5.88 Å². The topological polar surface area (TPSA) is 52.1 Å². The zero-order valence-corrected chi connectivity index (χ0v) is 12.3. The van der Waals surface area contributed by atoms with Gasteiger partial charge in [-0.3, -0.25) is 4.79 Å². The van der Waals surface area contributed by atoms with E-state index >= 15 is 0 Å². The molecule has 22 heavy (non-hydrogen) atoms. The molecule has 2 aromatic carbocycles. The summed E-state index contributed by atoms with van der Waals surface area (Å²) in [6.07, 6.45) is 2.40. The van der Waals surface area contributed by atoms with Crippen LogP contribution in [0.15, 0.2) is 54.9 Å². The normalized spacial score (nSPS) is 10.6. The van der Waals surface area contributed by atoms with Crippen LogP contribution < -0.4 is 4.74 Å². The summed E-state index contributed by atoms with van der Waals surface area (Å²) in [4.78, 5) is 20.5. The molecular formula is C18H16N2O2. The molecular weight excluding hydrogens is 276 g/mol. The molecule has 0 amide bonds. The first kappa shape index (κ1) is 14.2. The number of carbonyl (C=O) groups is 1. The maximum atomic E-state index is 12.2. The van der Waals surface area contributed by atoms with Gasteiger partial charge in [-0.2, -0.15) is 0 Å². The van der Waals surface area contributed by atoms with Crippen LogP contribution in [0.4, 0.5) is 0 Å². The molecule has 0 saturated carbocycles. The fourth-order valence-electron chi connectivity index (χ4n) is 2.24. The number of hydrogen-bond donors (Lipinski definition) is 0. The zero-order chi connectivity index (χ0) is 15.4. The molecule has 0 saturated heterocycles. The number of nitrogens with zero attached hydrogens (tertiary/aromatic N) is 2. The average Bonchev–Trinajstić information content (AvgIpc) is 2.59. The molecule has 0 aliphatic heterocycles. The number of fused-ring (bicyclic) bond motifs is 1. The number of para-hydroxylation sites is 1. The zero-order valence-electron chi connectivity index (χ0n) is 12.3. The monoisotopic (exact) mass is 292 g/mol. The van der Waals surface area contributed by atoms with Gasteiger partial charge in [-0.1, -0.05) is 43.3 Å². The summed E-state index contributed by atoms with van der Waals surface area (Å²) in [6.45, 7) is 2.05. The van der Waals surface area contributed by atoms with Crippen molar-refractivity contribution >= 4 is 16.7 Å². The third kappa shape index (κ3) is 2.96. The van der Waals surface area contributed by atoms with Crippen molar-refractivity contribution in [3.63, 3.8) is 0 Å². The number of rotatable bonds is 5. The van der Waals surface area contributed by atoms with Crippen molar-refractivity contribution in [2.24, 2.45) is 0 Å². The Morgan fingerprint density at radius 2 is 1.82 bits per heavy atom. The Kier molecular flexibility index (Phi) is 4.10. The van der Waals surface area contributed by atoms with Crippen molar-refractivity contribution in [3.8, 4) is 5.88 Å². The van der Waals surface area contributed by atoms with E-state index in [4.69, 9.17) is 4.74 Å². The van der Waals surface area contributed by atoms with Gasteiger partial charge >= 0.3 is 0 Å². The van der Waals surface area contributed by atoms with Crippen LogP contribution in [-0.2, 0) is 6.42 Å². The number of aromatic nitrogens is 2. The van der Waals surface area contributed by atoms with Crippen molar-refractivity contribution < 1.29 is 9.53 Å². The molecule has 0 N–H and O–H groups in total. The highest BCUT2D eigenvalue weighted by molar-refractivity contribution is 5.97. The molecule has 0 spiro atoms. The molecule has 110 valence electrons. The summed E-state index contributed by atoms with van der Waals surface area (Å²) in [5.74, 6) is 0.370. The summed E-state index contributed by atoms with van der Waals surface area (Å²) >= 11 is 0. The molecule has 0 fully saturated rings. The lowest BCUT2D eigenvalue weighted by atomic mass is 10.1. The standard InChI is InChI=1S/C18H16N2O2/c1-2-13-7-9-14(10-8-13)17(21)11-22-18-15-5-3-4-6-16(15)19-12-20-18/h3-10,12H,2,11H2,1H3. The van der Waals surface area contributed by atoms with Crippen molar-refractivity contribution in [2.45, 2.75) is 13.3 Å². The lowest BCUT2D eigenvalue weighted by Crippen LogP contribution is -2.12. The van der Waals surface area contributed by atoms with Gasteiger partial charge in [-0.15, -0.1) is 0 Å². The van der Waals surface area contributed by atoms with Gasteiger partial charge in [0.05, 0.1) is 10.9 Å². The number of hydrogen-bond acceptors (Lipinski definition) is 4. The minimum Gasteiger partial charge on any atom is -0.469 e. The lowest BCUT2D eigenvalue weighted by Gasteiger charge is -2.07. The molecule has 0 atom stereocenters. The van der Waals surface area contributed by atoms with E-state index in [2.05, 4.69) is 16.9 Å². The summed E-state index contributed by atoms with van der Waals surface area (Å²) in [6, 6.07) is 15.2. The fourth-order valence-corrected chi connectivity index (χ4v) is 2.24. The summed E-state index contributed by atoms with van der Waals surface area (Å²) in [7, 11) is 0. The average molecular weight is 292 g/mol. The van der Waals surface area contributed by atoms with E-state index in [0.717, 1.165) is 17.3 Å². The van der Waals surface area contributed by atoms with Crippen LogP contribution in [0.1, 0.15) is 22.8 Å². The second-order valence-electron chi connectivity index (χ2n) is 4.96. The Labute approximate surface area is 128 Å². The quantitative estimate of drug-likeness (QED) is 0.676. The highest BCUT2D eigenvalue weighted by Gasteiger charge is 2.09. The molecule has 1 aromatic heterocycles.